The molecule has 0 aliphatic carbocycles. The molecule has 1 aromatic rings. The number of aliphatic hydroxyl groups excluding tert-OH is 1. The Morgan fingerprint density at radius 2 is 1.88 bits per heavy atom. The van der Waals surface area contributed by atoms with Crippen molar-refractivity contribution in [1.29, 1.82) is 0 Å². The molecule has 2 rings (SSSR count). The normalized spacial score (nSPS) is 13.8. The van der Waals surface area contributed by atoms with Crippen LogP contribution in [0.25, 0.3) is 0 Å². The van der Waals surface area contributed by atoms with Crippen LogP contribution >= 0.6 is 0 Å². The molecular weight excluding hydrogens is 218 g/mol. The summed E-state index contributed by atoms with van der Waals surface area (Å²) in [6.07, 6.45) is 0.933. The van der Waals surface area contributed by atoms with Crippen molar-refractivity contribution in [2.75, 3.05) is 32.9 Å². The molecule has 0 aromatic heterocycles. The summed E-state index contributed by atoms with van der Waals surface area (Å²) in [6, 6.07) is 4.10. The second kappa shape index (κ2) is 5.89. The Hall–Kier alpha value is -1.26. The zero-order valence-electron chi connectivity index (χ0n) is 10.2. The number of benzene rings is 1. The zero-order valence-corrected chi connectivity index (χ0v) is 10.2. The summed E-state index contributed by atoms with van der Waals surface area (Å²) in [6.45, 7) is 5.02. The molecule has 1 aromatic carbocycles. The zero-order chi connectivity index (χ0) is 12.1. The minimum atomic E-state index is 0.181. The van der Waals surface area contributed by atoms with Gasteiger partial charge in [-0.15, -0.1) is 0 Å². The highest BCUT2D eigenvalue weighted by Crippen LogP contribution is 2.32. The number of ether oxygens (including phenoxy) is 2. The van der Waals surface area contributed by atoms with Crippen LogP contribution in [0.4, 0.5) is 0 Å². The number of fused-ring (bicyclic) bond motifs is 1. The fourth-order valence-corrected chi connectivity index (χ4v) is 1.93. The van der Waals surface area contributed by atoms with E-state index in [2.05, 4.69) is 18.3 Å². The molecule has 4 heteroatoms. The number of nitrogens with one attached hydrogen (secondary N) is 1. The standard InChI is InChI=1S/C13H19NO3/c1-10-8-12-13(17-7-6-16-12)9-11(10)2-3-14-4-5-15/h8-9,14-15H,2-7H2,1H3. The summed E-state index contributed by atoms with van der Waals surface area (Å²) in [4.78, 5) is 0. The average Bonchev–Trinajstić information content (AvgIpc) is 2.35. The second-order valence-corrected chi connectivity index (χ2v) is 4.15. The van der Waals surface area contributed by atoms with E-state index in [4.69, 9.17) is 14.6 Å². The molecule has 1 aliphatic rings. The number of aliphatic hydroxyl groups is 1. The minimum absolute atomic E-state index is 0.181. The van der Waals surface area contributed by atoms with Crippen molar-refractivity contribution in [3.8, 4) is 11.5 Å². The van der Waals surface area contributed by atoms with E-state index < -0.39 is 0 Å². The molecule has 17 heavy (non-hydrogen) atoms. The Balaban J connectivity index is 2.01. The summed E-state index contributed by atoms with van der Waals surface area (Å²) < 4.78 is 11.1. The smallest absolute Gasteiger partial charge is 0.161 e. The first-order valence-corrected chi connectivity index (χ1v) is 6.02. The lowest BCUT2D eigenvalue weighted by Gasteiger charge is -2.20. The molecule has 1 aliphatic heterocycles. The van der Waals surface area contributed by atoms with Crippen molar-refractivity contribution < 1.29 is 14.6 Å². The number of aryl methyl sites for hydroxylation is 1. The predicted molar refractivity (Wildman–Crippen MR) is 65.8 cm³/mol. The first-order valence-electron chi connectivity index (χ1n) is 6.02. The van der Waals surface area contributed by atoms with Gasteiger partial charge in [-0.1, -0.05) is 0 Å². The van der Waals surface area contributed by atoms with E-state index in [0.29, 0.717) is 19.8 Å². The van der Waals surface area contributed by atoms with Crippen LogP contribution < -0.4 is 14.8 Å². The molecule has 0 spiro atoms. The third-order valence-corrected chi connectivity index (χ3v) is 2.86. The highest BCUT2D eigenvalue weighted by atomic mass is 16.6. The van der Waals surface area contributed by atoms with Gasteiger partial charge in [0.15, 0.2) is 11.5 Å². The average molecular weight is 237 g/mol. The van der Waals surface area contributed by atoms with Gasteiger partial charge < -0.3 is 19.9 Å². The molecule has 94 valence electrons. The quantitative estimate of drug-likeness (QED) is 0.747. The SMILES string of the molecule is Cc1cc2c(cc1CCNCCO)OCCO2. The summed E-state index contributed by atoms with van der Waals surface area (Å²) in [5.74, 6) is 1.69. The van der Waals surface area contributed by atoms with Crippen molar-refractivity contribution in [3.05, 3.63) is 23.3 Å². The van der Waals surface area contributed by atoms with Crippen LogP contribution in [-0.4, -0.2) is 38.0 Å². The fraction of sp³-hybridized carbons (Fsp3) is 0.538. The molecule has 0 saturated heterocycles. The summed E-state index contributed by atoms with van der Waals surface area (Å²) in [5, 5.41) is 11.8. The first kappa shape index (κ1) is 12.2. The minimum Gasteiger partial charge on any atom is -0.486 e. The van der Waals surface area contributed by atoms with E-state index in [9.17, 15) is 0 Å². The summed E-state index contributed by atoms with van der Waals surface area (Å²) >= 11 is 0. The lowest BCUT2D eigenvalue weighted by atomic mass is 10.0. The van der Waals surface area contributed by atoms with Crippen molar-refractivity contribution in [3.63, 3.8) is 0 Å². The maximum Gasteiger partial charge on any atom is 0.161 e. The molecule has 2 N–H and O–H groups in total. The van der Waals surface area contributed by atoms with E-state index in [0.717, 1.165) is 24.5 Å². The van der Waals surface area contributed by atoms with Crippen molar-refractivity contribution in [1.82, 2.24) is 5.32 Å². The van der Waals surface area contributed by atoms with Gasteiger partial charge in [0.25, 0.3) is 0 Å². The molecule has 0 radical (unpaired) electrons. The molecule has 0 atom stereocenters. The van der Waals surface area contributed by atoms with Crippen LogP contribution in [0, 0.1) is 6.92 Å². The number of rotatable bonds is 5. The highest BCUT2D eigenvalue weighted by molar-refractivity contribution is 5.47. The van der Waals surface area contributed by atoms with Gasteiger partial charge in [-0.2, -0.15) is 0 Å². The van der Waals surface area contributed by atoms with E-state index >= 15 is 0 Å². The summed E-state index contributed by atoms with van der Waals surface area (Å²) in [5.41, 5.74) is 2.49. The van der Waals surface area contributed by atoms with Gasteiger partial charge in [-0.25, -0.2) is 0 Å². The second-order valence-electron chi connectivity index (χ2n) is 4.15. The maximum absolute atomic E-state index is 8.68. The van der Waals surface area contributed by atoms with Crippen LogP contribution in [0.1, 0.15) is 11.1 Å². The van der Waals surface area contributed by atoms with Gasteiger partial charge in [-0.3, -0.25) is 0 Å². The van der Waals surface area contributed by atoms with Crippen molar-refractivity contribution >= 4 is 0 Å². The molecular formula is C13H19NO3. The van der Waals surface area contributed by atoms with E-state index in [1.807, 2.05) is 6.07 Å². The molecule has 1 heterocycles. The van der Waals surface area contributed by atoms with Gasteiger partial charge in [0.05, 0.1) is 6.61 Å². The Bertz CT molecular complexity index is 379. The molecule has 0 amide bonds. The highest BCUT2D eigenvalue weighted by Gasteiger charge is 2.13. The maximum atomic E-state index is 8.68. The Labute approximate surface area is 102 Å². The van der Waals surface area contributed by atoms with Crippen LogP contribution in [0.3, 0.4) is 0 Å². The van der Waals surface area contributed by atoms with Crippen LogP contribution in [0.2, 0.25) is 0 Å². The largest absolute Gasteiger partial charge is 0.486 e. The van der Waals surface area contributed by atoms with E-state index in [1.54, 1.807) is 0 Å². The number of hydrogen-bond acceptors (Lipinski definition) is 4. The van der Waals surface area contributed by atoms with E-state index in [1.165, 1.54) is 11.1 Å². The fourth-order valence-electron chi connectivity index (χ4n) is 1.93. The van der Waals surface area contributed by atoms with E-state index in [-0.39, 0.29) is 6.61 Å². The predicted octanol–water partition coefficient (Wildman–Crippen LogP) is 0.891. The van der Waals surface area contributed by atoms with Crippen LogP contribution in [0.5, 0.6) is 11.5 Å². The van der Waals surface area contributed by atoms with Gasteiger partial charge in [0.1, 0.15) is 13.2 Å². The monoisotopic (exact) mass is 237 g/mol. The molecule has 0 bridgehead atoms. The summed E-state index contributed by atoms with van der Waals surface area (Å²) in [7, 11) is 0. The third kappa shape index (κ3) is 3.11. The topological polar surface area (TPSA) is 50.7 Å². The van der Waals surface area contributed by atoms with Gasteiger partial charge in [0, 0.05) is 6.54 Å². The molecule has 0 saturated carbocycles. The first-order chi connectivity index (χ1) is 8.31. The van der Waals surface area contributed by atoms with Crippen molar-refractivity contribution in [2.45, 2.75) is 13.3 Å². The van der Waals surface area contributed by atoms with Gasteiger partial charge >= 0.3 is 0 Å². The van der Waals surface area contributed by atoms with Crippen LogP contribution in [-0.2, 0) is 6.42 Å². The molecule has 4 nitrogen and oxygen atoms in total. The Morgan fingerprint density at radius 1 is 1.18 bits per heavy atom. The Morgan fingerprint density at radius 3 is 2.59 bits per heavy atom. The lowest BCUT2D eigenvalue weighted by Crippen LogP contribution is -2.21. The van der Waals surface area contributed by atoms with Gasteiger partial charge in [-0.05, 0) is 43.1 Å². The third-order valence-electron chi connectivity index (χ3n) is 2.86. The lowest BCUT2D eigenvalue weighted by molar-refractivity contribution is 0.171. The van der Waals surface area contributed by atoms with Gasteiger partial charge in [0.2, 0.25) is 0 Å². The molecule has 0 unspecified atom stereocenters. The van der Waals surface area contributed by atoms with Crippen LogP contribution in [0.15, 0.2) is 12.1 Å². The Kier molecular flexibility index (Phi) is 4.23. The molecule has 0 fully saturated rings. The van der Waals surface area contributed by atoms with Crippen molar-refractivity contribution in [2.24, 2.45) is 0 Å². The number of hydrogen-bond donors (Lipinski definition) is 2.